The zero-order valence-electron chi connectivity index (χ0n) is 15.2. The van der Waals surface area contributed by atoms with E-state index < -0.39 is 0 Å². The number of unbranched alkanes of at least 4 members (excludes halogenated alkanes) is 11. The molecule has 0 unspecified atom stereocenters. The Morgan fingerprint density at radius 1 is 0.652 bits per heavy atom. The van der Waals surface area contributed by atoms with Crippen molar-refractivity contribution in [1.82, 2.24) is 5.32 Å². The summed E-state index contributed by atoms with van der Waals surface area (Å²) in [7, 11) is 0. The Morgan fingerprint density at radius 2 is 1.13 bits per heavy atom. The van der Waals surface area contributed by atoms with Crippen molar-refractivity contribution in [3.05, 3.63) is 35.9 Å². The summed E-state index contributed by atoms with van der Waals surface area (Å²) in [5.74, 6) is 0. The van der Waals surface area contributed by atoms with Crippen LogP contribution < -0.4 is 5.32 Å². The average molecular weight is 340 g/mol. The third kappa shape index (κ3) is 14.8. The summed E-state index contributed by atoms with van der Waals surface area (Å²) in [6.45, 7) is 4.46. The molecule has 0 saturated heterocycles. The third-order valence-corrected chi connectivity index (χ3v) is 4.38. The molecular weight excluding hydrogens is 302 g/mol. The Balaban J connectivity index is 0.00000484. The van der Waals surface area contributed by atoms with Gasteiger partial charge in [0.15, 0.2) is 0 Å². The van der Waals surface area contributed by atoms with Crippen LogP contribution in [0.2, 0.25) is 0 Å². The lowest BCUT2D eigenvalue weighted by Gasteiger charge is -2.05. The van der Waals surface area contributed by atoms with Crippen molar-refractivity contribution < 1.29 is 0 Å². The third-order valence-electron chi connectivity index (χ3n) is 4.38. The molecule has 0 radical (unpaired) electrons. The maximum atomic E-state index is 3.54. The molecule has 0 saturated carbocycles. The number of nitrogens with one attached hydrogen (secondary N) is 1. The minimum absolute atomic E-state index is 0. The second-order valence-corrected chi connectivity index (χ2v) is 6.55. The van der Waals surface area contributed by atoms with Gasteiger partial charge in [0.1, 0.15) is 0 Å². The Kier molecular flexibility index (Phi) is 17.4. The van der Waals surface area contributed by atoms with E-state index in [9.17, 15) is 0 Å². The molecule has 1 N–H and O–H groups in total. The van der Waals surface area contributed by atoms with Crippen LogP contribution in [0.15, 0.2) is 30.3 Å². The van der Waals surface area contributed by atoms with Crippen molar-refractivity contribution >= 4 is 12.4 Å². The van der Waals surface area contributed by atoms with Crippen LogP contribution in [-0.4, -0.2) is 6.54 Å². The van der Waals surface area contributed by atoms with Crippen LogP contribution in [0.4, 0.5) is 0 Å². The number of hydrogen-bond donors (Lipinski definition) is 1. The smallest absolute Gasteiger partial charge is 0.0205 e. The van der Waals surface area contributed by atoms with Gasteiger partial charge in [-0.25, -0.2) is 0 Å². The number of benzene rings is 1. The van der Waals surface area contributed by atoms with E-state index in [1.807, 2.05) is 0 Å². The van der Waals surface area contributed by atoms with Crippen LogP contribution in [0.3, 0.4) is 0 Å². The van der Waals surface area contributed by atoms with Gasteiger partial charge >= 0.3 is 0 Å². The van der Waals surface area contributed by atoms with E-state index in [2.05, 4.69) is 42.6 Å². The van der Waals surface area contributed by atoms with Crippen molar-refractivity contribution in [2.45, 2.75) is 90.5 Å². The van der Waals surface area contributed by atoms with Crippen LogP contribution in [0.25, 0.3) is 0 Å². The molecule has 0 amide bonds. The van der Waals surface area contributed by atoms with Gasteiger partial charge in [-0.3, -0.25) is 0 Å². The second-order valence-electron chi connectivity index (χ2n) is 6.55. The lowest BCUT2D eigenvalue weighted by Crippen LogP contribution is -2.14. The normalized spacial score (nSPS) is 10.5. The molecule has 0 heterocycles. The van der Waals surface area contributed by atoms with E-state index in [1.165, 1.54) is 82.6 Å². The molecule has 0 aliphatic rings. The van der Waals surface area contributed by atoms with Gasteiger partial charge in [-0.05, 0) is 18.5 Å². The van der Waals surface area contributed by atoms with Gasteiger partial charge in [-0.2, -0.15) is 0 Å². The second kappa shape index (κ2) is 17.8. The minimum Gasteiger partial charge on any atom is -0.313 e. The SMILES string of the molecule is CCCCCCCCCCCCCCNCc1ccccc1.Cl. The van der Waals surface area contributed by atoms with Gasteiger partial charge < -0.3 is 5.32 Å². The van der Waals surface area contributed by atoms with Gasteiger partial charge in [0.25, 0.3) is 0 Å². The highest BCUT2D eigenvalue weighted by atomic mass is 35.5. The molecule has 2 heteroatoms. The summed E-state index contributed by atoms with van der Waals surface area (Å²) in [5, 5.41) is 3.54. The van der Waals surface area contributed by atoms with Crippen molar-refractivity contribution in [3.8, 4) is 0 Å². The lowest BCUT2D eigenvalue weighted by molar-refractivity contribution is 0.535. The molecule has 0 aliphatic carbocycles. The molecule has 134 valence electrons. The maximum absolute atomic E-state index is 3.54. The molecule has 0 fully saturated rings. The highest BCUT2D eigenvalue weighted by molar-refractivity contribution is 5.85. The van der Waals surface area contributed by atoms with Crippen molar-refractivity contribution in [2.24, 2.45) is 0 Å². The molecule has 1 nitrogen and oxygen atoms in total. The van der Waals surface area contributed by atoms with Crippen LogP contribution in [-0.2, 0) is 6.54 Å². The minimum atomic E-state index is 0. The van der Waals surface area contributed by atoms with E-state index in [1.54, 1.807) is 0 Å². The van der Waals surface area contributed by atoms with Gasteiger partial charge in [-0.15, -0.1) is 12.4 Å². The van der Waals surface area contributed by atoms with Crippen molar-refractivity contribution in [3.63, 3.8) is 0 Å². The molecule has 0 bridgehead atoms. The molecule has 23 heavy (non-hydrogen) atoms. The molecule has 0 aliphatic heterocycles. The predicted octanol–water partition coefficient (Wildman–Crippen LogP) is 6.90. The van der Waals surface area contributed by atoms with Gasteiger partial charge in [0.2, 0.25) is 0 Å². The van der Waals surface area contributed by atoms with Gasteiger partial charge in [0, 0.05) is 6.54 Å². The number of rotatable bonds is 15. The number of halogens is 1. The van der Waals surface area contributed by atoms with E-state index in [4.69, 9.17) is 0 Å². The Labute approximate surface area is 151 Å². The van der Waals surface area contributed by atoms with E-state index >= 15 is 0 Å². The summed E-state index contributed by atoms with van der Waals surface area (Å²) >= 11 is 0. The first-order valence-corrected chi connectivity index (χ1v) is 9.68. The quantitative estimate of drug-likeness (QED) is 0.343. The fourth-order valence-electron chi connectivity index (χ4n) is 2.92. The zero-order chi connectivity index (χ0) is 15.7. The molecule has 1 aromatic carbocycles. The fourth-order valence-corrected chi connectivity index (χ4v) is 2.92. The molecule has 0 spiro atoms. The predicted molar refractivity (Wildman–Crippen MR) is 106 cm³/mol. The first-order chi connectivity index (χ1) is 10.9. The first kappa shape index (κ1) is 22.5. The summed E-state index contributed by atoms with van der Waals surface area (Å²) in [5.41, 5.74) is 1.39. The monoisotopic (exact) mass is 339 g/mol. The highest BCUT2D eigenvalue weighted by Gasteiger charge is 1.94. The van der Waals surface area contributed by atoms with Gasteiger partial charge in [-0.1, -0.05) is 108 Å². The average Bonchev–Trinajstić information content (AvgIpc) is 2.56. The highest BCUT2D eigenvalue weighted by Crippen LogP contribution is 2.11. The van der Waals surface area contributed by atoms with Crippen LogP contribution in [0.1, 0.15) is 89.5 Å². The molecule has 0 atom stereocenters. The molecule has 1 aromatic rings. The number of hydrogen-bond acceptors (Lipinski definition) is 1. The van der Waals surface area contributed by atoms with E-state index in [-0.39, 0.29) is 12.4 Å². The Bertz CT molecular complexity index is 326. The van der Waals surface area contributed by atoms with E-state index in [0.29, 0.717) is 0 Å². The zero-order valence-corrected chi connectivity index (χ0v) is 16.0. The summed E-state index contributed by atoms with van der Waals surface area (Å²) in [6, 6.07) is 10.7. The van der Waals surface area contributed by atoms with Crippen molar-refractivity contribution in [1.29, 1.82) is 0 Å². The molecule has 0 aromatic heterocycles. The topological polar surface area (TPSA) is 12.0 Å². The Morgan fingerprint density at radius 3 is 1.65 bits per heavy atom. The molecule has 1 rings (SSSR count). The standard InChI is InChI=1S/C21H37N.ClH/c1-2-3-4-5-6-7-8-9-10-11-12-16-19-22-20-21-17-14-13-15-18-21;/h13-15,17-18,22H,2-12,16,19-20H2,1H3;1H. The summed E-state index contributed by atoms with van der Waals surface area (Å²) < 4.78 is 0. The van der Waals surface area contributed by atoms with Crippen LogP contribution in [0.5, 0.6) is 0 Å². The summed E-state index contributed by atoms with van der Waals surface area (Å²) in [6.07, 6.45) is 17.1. The summed E-state index contributed by atoms with van der Waals surface area (Å²) in [4.78, 5) is 0. The van der Waals surface area contributed by atoms with E-state index in [0.717, 1.165) is 13.1 Å². The van der Waals surface area contributed by atoms with Crippen molar-refractivity contribution in [2.75, 3.05) is 6.54 Å². The maximum Gasteiger partial charge on any atom is 0.0205 e. The van der Waals surface area contributed by atoms with Gasteiger partial charge in [0.05, 0.1) is 0 Å². The Hall–Kier alpha value is -0.530. The largest absolute Gasteiger partial charge is 0.313 e. The molecular formula is C21H38ClN. The first-order valence-electron chi connectivity index (χ1n) is 9.68. The van der Waals surface area contributed by atoms with Crippen LogP contribution in [0, 0.1) is 0 Å². The lowest BCUT2D eigenvalue weighted by atomic mass is 10.1. The van der Waals surface area contributed by atoms with Crippen LogP contribution >= 0.6 is 12.4 Å². The fraction of sp³-hybridized carbons (Fsp3) is 0.714.